The van der Waals surface area contributed by atoms with Gasteiger partial charge in [-0.2, -0.15) is 13.2 Å². The second kappa shape index (κ2) is 8.69. The second-order valence-electron chi connectivity index (χ2n) is 6.89. The van der Waals surface area contributed by atoms with E-state index in [-0.39, 0.29) is 18.1 Å². The number of rotatable bonds is 6. The first-order valence-electron chi connectivity index (χ1n) is 9.31. The molecule has 1 amide bonds. The Morgan fingerprint density at radius 2 is 1.86 bits per heavy atom. The molecule has 1 fully saturated rings. The molecule has 29 heavy (non-hydrogen) atoms. The Hall–Kier alpha value is -2.81. The van der Waals surface area contributed by atoms with Crippen molar-refractivity contribution in [2.75, 3.05) is 24.6 Å². The van der Waals surface area contributed by atoms with Gasteiger partial charge in [0.1, 0.15) is 11.4 Å². The summed E-state index contributed by atoms with van der Waals surface area (Å²) in [4.78, 5) is 18.7. The maximum Gasteiger partial charge on any atom is 0.416 e. The number of anilines is 1. The largest absolute Gasteiger partial charge is 0.453 e. The number of carbonyl (C=O) groups is 1. The number of aliphatic hydroxyl groups is 1. The van der Waals surface area contributed by atoms with Crippen molar-refractivity contribution in [2.45, 2.75) is 32.0 Å². The van der Waals surface area contributed by atoms with E-state index in [1.807, 2.05) is 4.90 Å². The van der Waals surface area contributed by atoms with Crippen LogP contribution in [0.5, 0.6) is 11.5 Å². The number of hydrogen-bond donors (Lipinski definition) is 2. The fraction of sp³-hybridized carbons (Fsp3) is 0.400. The average Bonchev–Trinajstić information content (AvgIpc) is 3.22. The van der Waals surface area contributed by atoms with E-state index in [0.717, 1.165) is 38.1 Å². The van der Waals surface area contributed by atoms with E-state index in [9.17, 15) is 18.0 Å². The number of pyridine rings is 1. The van der Waals surface area contributed by atoms with Crippen LogP contribution in [0.25, 0.3) is 0 Å². The minimum Gasteiger partial charge on any atom is -0.453 e. The summed E-state index contributed by atoms with van der Waals surface area (Å²) in [5.41, 5.74) is -0.584. The lowest BCUT2D eigenvalue weighted by atomic mass is 10.2. The standard InChI is InChI=1S/C20H22F3N3O3/c1-13(12-27)24-19(28)16-8-9-17(18(25-16)26-10-2-3-11-26)29-15-6-4-14(5-7-15)20(21,22)23/h4-9,13,27H,2-3,10-12H2,1H3,(H,24,28). The van der Waals surface area contributed by atoms with Crippen LogP contribution < -0.4 is 15.0 Å². The topological polar surface area (TPSA) is 74.7 Å². The third kappa shape index (κ3) is 5.17. The number of ether oxygens (including phenoxy) is 1. The predicted molar refractivity (Wildman–Crippen MR) is 101 cm³/mol. The number of aromatic nitrogens is 1. The first kappa shape index (κ1) is 20.9. The Morgan fingerprint density at radius 1 is 1.21 bits per heavy atom. The molecular weight excluding hydrogens is 387 g/mol. The molecule has 1 aliphatic heterocycles. The first-order valence-corrected chi connectivity index (χ1v) is 9.31. The lowest BCUT2D eigenvalue weighted by molar-refractivity contribution is -0.137. The number of amides is 1. The zero-order valence-corrected chi connectivity index (χ0v) is 15.9. The van der Waals surface area contributed by atoms with Crippen molar-refractivity contribution in [3.05, 3.63) is 47.7 Å². The lowest BCUT2D eigenvalue weighted by Crippen LogP contribution is -2.35. The summed E-state index contributed by atoms with van der Waals surface area (Å²) in [6, 6.07) is 7.06. The second-order valence-corrected chi connectivity index (χ2v) is 6.89. The maximum atomic E-state index is 12.7. The summed E-state index contributed by atoms with van der Waals surface area (Å²) in [6.45, 7) is 2.96. The van der Waals surface area contributed by atoms with Crippen molar-refractivity contribution < 1.29 is 27.8 Å². The SMILES string of the molecule is CC(CO)NC(=O)c1ccc(Oc2ccc(C(F)(F)F)cc2)c(N2CCCC2)n1. The smallest absolute Gasteiger partial charge is 0.416 e. The highest BCUT2D eigenvalue weighted by molar-refractivity contribution is 5.93. The van der Waals surface area contributed by atoms with Crippen LogP contribution in [0.4, 0.5) is 19.0 Å². The number of halogens is 3. The van der Waals surface area contributed by atoms with E-state index in [4.69, 9.17) is 9.84 Å². The molecule has 1 aliphatic rings. The van der Waals surface area contributed by atoms with Crippen molar-refractivity contribution in [2.24, 2.45) is 0 Å². The first-order chi connectivity index (χ1) is 13.8. The maximum absolute atomic E-state index is 12.7. The van der Waals surface area contributed by atoms with E-state index in [1.54, 1.807) is 13.0 Å². The number of aliphatic hydroxyl groups excluding tert-OH is 1. The monoisotopic (exact) mass is 409 g/mol. The van der Waals surface area contributed by atoms with Crippen LogP contribution in [0.2, 0.25) is 0 Å². The third-order valence-electron chi connectivity index (χ3n) is 4.54. The molecule has 0 radical (unpaired) electrons. The van der Waals surface area contributed by atoms with E-state index < -0.39 is 23.7 Å². The van der Waals surface area contributed by atoms with Gasteiger partial charge in [-0.1, -0.05) is 0 Å². The Kier molecular flexibility index (Phi) is 6.26. The quantitative estimate of drug-likeness (QED) is 0.763. The van der Waals surface area contributed by atoms with Gasteiger partial charge in [-0.3, -0.25) is 4.79 Å². The van der Waals surface area contributed by atoms with Gasteiger partial charge < -0.3 is 20.1 Å². The molecule has 6 nitrogen and oxygen atoms in total. The molecule has 0 saturated carbocycles. The predicted octanol–water partition coefficient (Wildman–Crippen LogP) is 3.60. The van der Waals surface area contributed by atoms with Gasteiger partial charge in [-0.25, -0.2) is 4.98 Å². The van der Waals surface area contributed by atoms with Crippen LogP contribution >= 0.6 is 0 Å². The van der Waals surface area contributed by atoms with Crippen molar-refractivity contribution in [1.82, 2.24) is 10.3 Å². The minimum absolute atomic E-state index is 0.173. The van der Waals surface area contributed by atoms with Crippen LogP contribution in [0.1, 0.15) is 35.8 Å². The van der Waals surface area contributed by atoms with Gasteiger partial charge in [0.05, 0.1) is 12.2 Å². The number of hydrogen-bond acceptors (Lipinski definition) is 5. The highest BCUT2D eigenvalue weighted by atomic mass is 19.4. The zero-order valence-electron chi connectivity index (χ0n) is 15.9. The molecule has 1 aromatic heterocycles. The highest BCUT2D eigenvalue weighted by Crippen LogP contribution is 2.35. The fourth-order valence-electron chi connectivity index (χ4n) is 2.98. The fourth-order valence-corrected chi connectivity index (χ4v) is 2.98. The Bertz CT molecular complexity index is 850. The minimum atomic E-state index is -4.42. The van der Waals surface area contributed by atoms with Crippen LogP contribution in [0, 0.1) is 0 Å². The van der Waals surface area contributed by atoms with Gasteiger partial charge >= 0.3 is 6.18 Å². The van der Waals surface area contributed by atoms with Crippen molar-refractivity contribution in [3.8, 4) is 11.5 Å². The van der Waals surface area contributed by atoms with Crippen LogP contribution in [0.15, 0.2) is 36.4 Å². The molecule has 1 atom stereocenters. The average molecular weight is 409 g/mol. The molecular formula is C20H22F3N3O3. The van der Waals surface area contributed by atoms with Crippen LogP contribution in [0.3, 0.4) is 0 Å². The number of carbonyl (C=O) groups excluding carboxylic acids is 1. The van der Waals surface area contributed by atoms with E-state index in [1.165, 1.54) is 18.2 Å². The number of alkyl halides is 3. The number of nitrogens with one attached hydrogen (secondary N) is 1. The summed E-state index contributed by atoms with van der Waals surface area (Å²) < 4.78 is 44.0. The lowest BCUT2D eigenvalue weighted by Gasteiger charge is -2.21. The van der Waals surface area contributed by atoms with Gasteiger partial charge in [0.2, 0.25) is 0 Å². The Balaban J connectivity index is 1.86. The molecule has 1 saturated heterocycles. The molecule has 1 aromatic carbocycles. The van der Waals surface area contributed by atoms with E-state index in [0.29, 0.717) is 11.6 Å². The molecule has 0 aliphatic carbocycles. The van der Waals surface area contributed by atoms with Crippen LogP contribution in [-0.2, 0) is 6.18 Å². The Labute approximate surface area is 166 Å². The summed E-state index contributed by atoms with van der Waals surface area (Å²) in [5.74, 6) is 0.643. The third-order valence-corrected chi connectivity index (χ3v) is 4.54. The summed E-state index contributed by atoms with van der Waals surface area (Å²) in [7, 11) is 0. The Morgan fingerprint density at radius 3 is 2.45 bits per heavy atom. The molecule has 2 N–H and O–H groups in total. The van der Waals surface area contributed by atoms with Crippen LogP contribution in [-0.4, -0.2) is 41.7 Å². The highest BCUT2D eigenvalue weighted by Gasteiger charge is 2.30. The van der Waals surface area contributed by atoms with Gasteiger partial charge in [-0.15, -0.1) is 0 Å². The summed E-state index contributed by atoms with van der Waals surface area (Å²) in [6.07, 6.45) is -2.47. The molecule has 0 bridgehead atoms. The summed E-state index contributed by atoms with van der Waals surface area (Å²) >= 11 is 0. The van der Waals surface area contributed by atoms with Crippen molar-refractivity contribution in [3.63, 3.8) is 0 Å². The number of nitrogens with zero attached hydrogens (tertiary/aromatic N) is 2. The van der Waals surface area contributed by atoms with E-state index >= 15 is 0 Å². The summed E-state index contributed by atoms with van der Waals surface area (Å²) in [5, 5.41) is 11.7. The van der Waals surface area contributed by atoms with Gasteiger partial charge in [0.25, 0.3) is 5.91 Å². The normalized spacial score (nSPS) is 15.3. The molecule has 2 heterocycles. The van der Waals surface area contributed by atoms with Gasteiger partial charge in [0, 0.05) is 19.1 Å². The zero-order chi connectivity index (χ0) is 21.0. The molecule has 2 aromatic rings. The molecule has 0 spiro atoms. The van der Waals surface area contributed by atoms with E-state index in [2.05, 4.69) is 10.3 Å². The van der Waals surface area contributed by atoms with Crippen molar-refractivity contribution in [1.29, 1.82) is 0 Å². The van der Waals surface area contributed by atoms with Gasteiger partial charge in [0.15, 0.2) is 11.6 Å². The number of benzene rings is 1. The molecule has 156 valence electrons. The molecule has 9 heteroatoms. The van der Waals surface area contributed by atoms with Crippen molar-refractivity contribution >= 4 is 11.7 Å². The van der Waals surface area contributed by atoms with Gasteiger partial charge in [-0.05, 0) is 56.2 Å². The molecule has 1 unspecified atom stereocenters. The molecule has 3 rings (SSSR count).